The number of carbonyl (C=O) groups excluding carboxylic acids is 1. The Bertz CT molecular complexity index is 660. The molecule has 2 heterocycles. The van der Waals surface area contributed by atoms with Crippen LogP contribution in [-0.2, 0) is 16.1 Å². The van der Waals surface area contributed by atoms with Crippen molar-refractivity contribution in [2.24, 2.45) is 0 Å². The first kappa shape index (κ1) is 18.2. The van der Waals surface area contributed by atoms with Crippen LogP contribution in [0.15, 0.2) is 0 Å². The van der Waals surface area contributed by atoms with Crippen molar-refractivity contribution in [3.05, 3.63) is 21.5 Å². The number of carboxylic acid groups (broad SMARTS) is 1. The minimum atomic E-state index is -0.922. The Balaban J connectivity index is 2.03. The van der Waals surface area contributed by atoms with Crippen LogP contribution in [0.3, 0.4) is 0 Å². The standard InChI is InChI=1S/C14H20N4O5S/c1-9-14(18(22)23)10(2)17(15-9)4-3-12(19)16-5-6-24-8-11(16)7-13(20)21/h11H,3-8H2,1-2H3,(H,20,21). The van der Waals surface area contributed by atoms with Crippen LogP contribution in [0.4, 0.5) is 5.69 Å². The summed E-state index contributed by atoms with van der Waals surface area (Å²) in [4.78, 5) is 35.5. The summed E-state index contributed by atoms with van der Waals surface area (Å²) in [5.74, 6) is 0.336. The Labute approximate surface area is 143 Å². The third-order valence-electron chi connectivity index (χ3n) is 4.02. The Morgan fingerprint density at radius 2 is 2.17 bits per heavy atom. The van der Waals surface area contributed by atoms with Crippen LogP contribution < -0.4 is 0 Å². The zero-order valence-electron chi connectivity index (χ0n) is 13.6. The third kappa shape index (κ3) is 4.05. The summed E-state index contributed by atoms with van der Waals surface area (Å²) in [6, 6.07) is -0.302. The van der Waals surface area contributed by atoms with Crippen molar-refractivity contribution in [2.45, 2.75) is 39.3 Å². The number of hydrogen-bond donors (Lipinski definition) is 1. The van der Waals surface area contributed by atoms with Crippen LogP contribution in [0, 0.1) is 24.0 Å². The smallest absolute Gasteiger partial charge is 0.312 e. The summed E-state index contributed by atoms with van der Waals surface area (Å²) in [5, 5.41) is 24.1. The summed E-state index contributed by atoms with van der Waals surface area (Å²) in [5.41, 5.74) is 0.713. The largest absolute Gasteiger partial charge is 0.481 e. The van der Waals surface area contributed by atoms with Gasteiger partial charge in [0.2, 0.25) is 5.91 Å². The molecular weight excluding hydrogens is 336 g/mol. The molecular formula is C14H20N4O5S. The second-order valence-electron chi connectivity index (χ2n) is 5.66. The SMILES string of the molecule is Cc1nn(CCC(=O)N2CCSCC2CC(=O)O)c(C)c1[N+](=O)[O-]. The van der Waals surface area contributed by atoms with E-state index in [-0.39, 0.29) is 37.0 Å². The van der Waals surface area contributed by atoms with E-state index >= 15 is 0 Å². The van der Waals surface area contributed by atoms with Gasteiger partial charge in [-0.1, -0.05) is 0 Å². The summed E-state index contributed by atoms with van der Waals surface area (Å²) < 4.78 is 1.47. The van der Waals surface area contributed by atoms with Crippen molar-refractivity contribution in [3.8, 4) is 0 Å². The Kier molecular flexibility index (Phi) is 5.81. The van der Waals surface area contributed by atoms with E-state index in [4.69, 9.17) is 5.11 Å². The zero-order valence-corrected chi connectivity index (χ0v) is 14.4. The van der Waals surface area contributed by atoms with Crippen molar-refractivity contribution in [1.82, 2.24) is 14.7 Å². The van der Waals surface area contributed by atoms with Gasteiger partial charge < -0.3 is 10.0 Å². The number of nitrogens with zero attached hydrogens (tertiary/aromatic N) is 4. The van der Waals surface area contributed by atoms with Gasteiger partial charge >= 0.3 is 11.7 Å². The molecule has 1 aliphatic heterocycles. The molecule has 24 heavy (non-hydrogen) atoms. The fourth-order valence-electron chi connectivity index (χ4n) is 2.87. The van der Waals surface area contributed by atoms with Gasteiger partial charge in [0.15, 0.2) is 0 Å². The molecule has 132 valence electrons. The number of carboxylic acids is 1. The molecule has 1 aliphatic rings. The Morgan fingerprint density at radius 3 is 2.75 bits per heavy atom. The molecule has 1 saturated heterocycles. The van der Waals surface area contributed by atoms with E-state index in [0.717, 1.165) is 5.75 Å². The number of aryl methyl sites for hydroxylation is 2. The quantitative estimate of drug-likeness (QED) is 0.601. The molecule has 2 rings (SSSR count). The number of hydrogen-bond acceptors (Lipinski definition) is 6. The van der Waals surface area contributed by atoms with E-state index < -0.39 is 10.9 Å². The van der Waals surface area contributed by atoms with Crippen LogP contribution in [0.2, 0.25) is 0 Å². The lowest BCUT2D eigenvalue weighted by Crippen LogP contribution is -2.47. The fourth-order valence-corrected chi connectivity index (χ4v) is 3.93. The lowest BCUT2D eigenvalue weighted by Gasteiger charge is -2.34. The summed E-state index contributed by atoms with van der Waals surface area (Å²) in [7, 11) is 0. The molecule has 0 aromatic carbocycles. The van der Waals surface area contributed by atoms with Crippen molar-refractivity contribution in [2.75, 3.05) is 18.1 Å². The molecule has 0 bridgehead atoms. The Hall–Kier alpha value is -2.10. The molecule has 1 amide bonds. The molecule has 1 aromatic rings. The average molecular weight is 356 g/mol. The highest BCUT2D eigenvalue weighted by Crippen LogP contribution is 2.23. The summed E-state index contributed by atoms with van der Waals surface area (Å²) in [6.45, 7) is 3.93. The topological polar surface area (TPSA) is 119 Å². The number of carbonyl (C=O) groups is 2. The normalized spacial score (nSPS) is 17.8. The summed E-state index contributed by atoms with van der Waals surface area (Å²) in [6.07, 6.45) is 0.0734. The minimum Gasteiger partial charge on any atom is -0.481 e. The minimum absolute atomic E-state index is 0.0272. The number of amides is 1. The van der Waals surface area contributed by atoms with E-state index in [1.807, 2.05) is 0 Å². The lowest BCUT2D eigenvalue weighted by atomic mass is 10.2. The van der Waals surface area contributed by atoms with E-state index in [1.54, 1.807) is 30.5 Å². The highest BCUT2D eigenvalue weighted by atomic mass is 32.2. The molecule has 1 N–H and O–H groups in total. The van der Waals surface area contributed by atoms with Gasteiger partial charge in [-0.3, -0.25) is 24.4 Å². The van der Waals surface area contributed by atoms with Crippen LogP contribution in [0.1, 0.15) is 24.2 Å². The maximum Gasteiger partial charge on any atom is 0.312 e. The van der Waals surface area contributed by atoms with E-state index in [9.17, 15) is 19.7 Å². The molecule has 1 unspecified atom stereocenters. The van der Waals surface area contributed by atoms with Crippen LogP contribution >= 0.6 is 11.8 Å². The van der Waals surface area contributed by atoms with Crippen molar-refractivity contribution in [1.29, 1.82) is 0 Å². The molecule has 9 nitrogen and oxygen atoms in total. The second-order valence-corrected chi connectivity index (χ2v) is 6.81. The molecule has 0 aliphatic carbocycles. The van der Waals surface area contributed by atoms with Gasteiger partial charge in [-0.25, -0.2) is 0 Å². The van der Waals surface area contributed by atoms with Gasteiger partial charge in [-0.15, -0.1) is 0 Å². The van der Waals surface area contributed by atoms with E-state index in [0.29, 0.717) is 23.7 Å². The van der Waals surface area contributed by atoms with Gasteiger partial charge in [0, 0.05) is 24.5 Å². The maximum atomic E-state index is 12.4. The highest BCUT2D eigenvalue weighted by molar-refractivity contribution is 7.99. The first-order valence-electron chi connectivity index (χ1n) is 7.58. The van der Waals surface area contributed by atoms with Crippen LogP contribution in [0.25, 0.3) is 0 Å². The van der Waals surface area contributed by atoms with Gasteiger partial charge in [0.25, 0.3) is 0 Å². The number of rotatable bonds is 6. The van der Waals surface area contributed by atoms with Crippen LogP contribution in [0.5, 0.6) is 0 Å². The second kappa shape index (κ2) is 7.65. The molecule has 0 radical (unpaired) electrons. The lowest BCUT2D eigenvalue weighted by molar-refractivity contribution is -0.386. The maximum absolute atomic E-state index is 12.4. The number of thioether (sulfide) groups is 1. The van der Waals surface area contributed by atoms with Gasteiger partial charge in [0.1, 0.15) is 11.4 Å². The van der Waals surface area contributed by atoms with Gasteiger partial charge in [0.05, 0.1) is 23.9 Å². The first-order valence-corrected chi connectivity index (χ1v) is 8.74. The zero-order chi connectivity index (χ0) is 17.9. The molecule has 1 aromatic heterocycles. The Morgan fingerprint density at radius 1 is 1.46 bits per heavy atom. The van der Waals surface area contributed by atoms with Crippen molar-refractivity contribution in [3.63, 3.8) is 0 Å². The number of aliphatic carboxylic acids is 1. The van der Waals surface area contributed by atoms with E-state index in [2.05, 4.69) is 5.10 Å². The van der Waals surface area contributed by atoms with Gasteiger partial charge in [-0.05, 0) is 13.8 Å². The van der Waals surface area contributed by atoms with Crippen LogP contribution in [-0.4, -0.2) is 60.7 Å². The molecule has 0 saturated carbocycles. The highest BCUT2D eigenvalue weighted by Gasteiger charge is 2.29. The van der Waals surface area contributed by atoms with Crippen molar-refractivity contribution < 1.29 is 19.6 Å². The molecule has 1 fully saturated rings. The molecule has 0 spiro atoms. The van der Waals surface area contributed by atoms with E-state index in [1.165, 1.54) is 4.68 Å². The third-order valence-corrected chi connectivity index (χ3v) is 5.11. The average Bonchev–Trinajstić information content (AvgIpc) is 2.79. The molecule has 10 heteroatoms. The fraction of sp³-hybridized carbons (Fsp3) is 0.643. The predicted octanol–water partition coefficient (Wildman–Crippen LogP) is 1.22. The first-order chi connectivity index (χ1) is 11.3. The number of aromatic nitrogens is 2. The predicted molar refractivity (Wildman–Crippen MR) is 88.1 cm³/mol. The van der Waals surface area contributed by atoms with Gasteiger partial charge in [-0.2, -0.15) is 16.9 Å². The number of nitro groups is 1. The molecule has 1 atom stereocenters. The summed E-state index contributed by atoms with van der Waals surface area (Å²) >= 11 is 1.64. The monoisotopic (exact) mass is 356 g/mol. The van der Waals surface area contributed by atoms with Crippen molar-refractivity contribution >= 4 is 29.3 Å².